The monoisotopic (exact) mass is 344 g/mol. The number of hydrogen-bond donors (Lipinski definition) is 2. The summed E-state index contributed by atoms with van der Waals surface area (Å²) in [5, 5.41) is 5.65. The molecule has 2 aromatic rings. The molecule has 0 saturated heterocycles. The Morgan fingerprint density at radius 1 is 1.08 bits per heavy atom. The van der Waals surface area contributed by atoms with Crippen LogP contribution in [0.1, 0.15) is 13.8 Å². The Labute approximate surface area is 145 Å². The zero-order valence-electron chi connectivity index (χ0n) is 13.7. The largest absolute Gasteiger partial charge is 0.449 e. The van der Waals surface area contributed by atoms with Gasteiger partial charge in [-0.05, 0) is 24.3 Å². The van der Waals surface area contributed by atoms with Crippen molar-refractivity contribution in [1.29, 1.82) is 0 Å². The zero-order valence-corrected chi connectivity index (χ0v) is 14.5. The van der Waals surface area contributed by atoms with Crippen molar-refractivity contribution in [2.75, 3.05) is 17.6 Å². The summed E-state index contributed by atoms with van der Waals surface area (Å²) in [6.45, 7) is 4.28. The molecule has 1 aliphatic heterocycles. The minimum absolute atomic E-state index is 0.234. The van der Waals surface area contributed by atoms with Gasteiger partial charge in [0.25, 0.3) is 0 Å². The maximum Gasteiger partial charge on any atom is 0.319 e. The van der Waals surface area contributed by atoms with Gasteiger partial charge in [0.2, 0.25) is 5.79 Å². The number of nitrogens with one attached hydrogen (secondary N) is 2. The second-order valence-corrected chi connectivity index (χ2v) is 6.98. The Kier molecular flexibility index (Phi) is 4.85. The van der Waals surface area contributed by atoms with Crippen molar-refractivity contribution in [1.82, 2.24) is 5.32 Å². The topological polar surface area (TPSA) is 59.6 Å². The third-order valence-corrected chi connectivity index (χ3v) is 4.33. The number of urea groups is 1. The van der Waals surface area contributed by atoms with Crippen LogP contribution in [0.5, 0.6) is 11.5 Å². The van der Waals surface area contributed by atoms with E-state index in [1.807, 2.05) is 32.0 Å². The minimum atomic E-state index is -0.669. The number of anilines is 1. The summed E-state index contributed by atoms with van der Waals surface area (Å²) >= 11 is 1.71. The van der Waals surface area contributed by atoms with Crippen molar-refractivity contribution < 1.29 is 14.3 Å². The molecule has 2 amide bonds. The van der Waals surface area contributed by atoms with Gasteiger partial charge < -0.3 is 20.1 Å². The molecule has 0 atom stereocenters. The van der Waals surface area contributed by atoms with Crippen molar-refractivity contribution in [3.05, 3.63) is 48.5 Å². The van der Waals surface area contributed by atoms with E-state index < -0.39 is 5.79 Å². The molecule has 3 rings (SSSR count). The van der Waals surface area contributed by atoms with Crippen LogP contribution in [0.25, 0.3) is 0 Å². The Bertz CT molecular complexity index is 719. The van der Waals surface area contributed by atoms with E-state index >= 15 is 0 Å². The summed E-state index contributed by atoms with van der Waals surface area (Å²) in [5.74, 6) is 1.47. The summed E-state index contributed by atoms with van der Waals surface area (Å²) < 4.78 is 11.3. The maximum absolute atomic E-state index is 11.9. The molecule has 6 heteroatoms. The lowest BCUT2D eigenvalue weighted by Gasteiger charge is -2.16. The molecular weight excluding hydrogens is 324 g/mol. The summed E-state index contributed by atoms with van der Waals surface area (Å²) in [7, 11) is 0. The number of carbonyl (C=O) groups excluding carboxylic acids is 1. The van der Waals surface area contributed by atoms with E-state index in [1.165, 1.54) is 4.90 Å². The lowest BCUT2D eigenvalue weighted by Crippen LogP contribution is -2.30. The second kappa shape index (κ2) is 7.05. The molecule has 2 N–H and O–H groups in total. The van der Waals surface area contributed by atoms with Crippen molar-refractivity contribution in [3.8, 4) is 11.5 Å². The minimum Gasteiger partial charge on any atom is -0.449 e. The van der Waals surface area contributed by atoms with Crippen LogP contribution in [0.3, 0.4) is 0 Å². The lowest BCUT2D eigenvalue weighted by atomic mass is 10.3. The molecular formula is C18H20N2O3S. The van der Waals surface area contributed by atoms with Crippen LogP contribution in [0.2, 0.25) is 0 Å². The van der Waals surface area contributed by atoms with E-state index in [4.69, 9.17) is 9.47 Å². The third kappa shape index (κ3) is 4.35. The van der Waals surface area contributed by atoms with E-state index in [9.17, 15) is 4.79 Å². The fourth-order valence-corrected chi connectivity index (χ4v) is 3.12. The van der Waals surface area contributed by atoms with Crippen LogP contribution in [-0.4, -0.2) is 24.1 Å². The molecule has 0 spiro atoms. The Balaban J connectivity index is 1.44. The molecule has 0 fully saturated rings. The van der Waals surface area contributed by atoms with E-state index in [1.54, 1.807) is 30.0 Å². The molecule has 0 bridgehead atoms. The van der Waals surface area contributed by atoms with Gasteiger partial charge in [0.05, 0.1) is 0 Å². The number of hydrogen-bond acceptors (Lipinski definition) is 4. The summed E-state index contributed by atoms with van der Waals surface area (Å²) in [6, 6.07) is 15.2. The maximum atomic E-state index is 11.9. The first kappa shape index (κ1) is 16.5. The van der Waals surface area contributed by atoms with Crippen molar-refractivity contribution in [2.24, 2.45) is 0 Å². The van der Waals surface area contributed by atoms with Gasteiger partial charge in [-0.1, -0.05) is 18.2 Å². The predicted octanol–water partition coefficient (Wildman–Crippen LogP) is 4.11. The average molecular weight is 344 g/mol. The molecule has 0 radical (unpaired) electrons. The highest BCUT2D eigenvalue weighted by atomic mass is 32.2. The second-order valence-electron chi connectivity index (χ2n) is 5.81. The first-order valence-electron chi connectivity index (χ1n) is 7.77. The molecule has 0 aliphatic carbocycles. The molecule has 24 heavy (non-hydrogen) atoms. The molecule has 5 nitrogen and oxygen atoms in total. The normalized spacial score (nSPS) is 14.2. The lowest BCUT2D eigenvalue weighted by molar-refractivity contribution is -0.0431. The number of fused-ring (bicyclic) bond motifs is 1. The highest BCUT2D eigenvalue weighted by molar-refractivity contribution is 7.99. The number of benzene rings is 2. The Hall–Kier alpha value is -2.34. The van der Waals surface area contributed by atoms with Gasteiger partial charge in [-0.15, -0.1) is 11.8 Å². The van der Waals surface area contributed by atoms with Gasteiger partial charge in [0.15, 0.2) is 11.5 Å². The standard InChI is InChI=1S/C18H20N2O3S/c1-18(2)22-15-9-8-13(12-16(15)23-18)20-17(21)19-10-11-24-14-6-4-3-5-7-14/h3-9,12H,10-11H2,1-2H3,(H2,19,20,21). The quantitative estimate of drug-likeness (QED) is 0.633. The van der Waals surface area contributed by atoms with Crippen molar-refractivity contribution in [2.45, 2.75) is 24.5 Å². The van der Waals surface area contributed by atoms with Crippen LogP contribution < -0.4 is 20.1 Å². The average Bonchev–Trinajstić information content (AvgIpc) is 2.86. The predicted molar refractivity (Wildman–Crippen MR) is 96.0 cm³/mol. The third-order valence-electron chi connectivity index (χ3n) is 3.31. The summed E-state index contributed by atoms with van der Waals surface area (Å²) in [6.07, 6.45) is 0. The van der Waals surface area contributed by atoms with E-state index in [0.29, 0.717) is 23.7 Å². The van der Waals surface area contributed by atoms with Gasteiger partial charge in [0, 0.05) is 42.8 Å². The molecule has 2 aromatic carbocycles. The fraction of sp³-hybridized carbons (Fsp3) is 0.278. The molecule has 1 heterocycles. The Morgan fingerprint density at radius 3 is 2.62 bits per heavy atom. The van der Waals surface area contributed by atoms with Crippen molar-refractivity contribution in [3.63, 3.8) is 0 Å². The van der Waals surface area contributed by atoms with Gasteiger partial charge in [-0.2, -0.15) is 0 Å². The number of thioether (sulfide) groups is 1. The number of carbonyl (C=O) groups is 1. The van der Waals surface area contributed by atoms with Crippen LogP contribution in [-0.2, 0) is 0 Å². The number of amides is 2. The van der Waals surface area contributed by atoms with Crippen LogP contribution in [0.15, 0.2) is 53.4 Å². The molecule has 0 unspecified atom stereocenters. The highest BCUT2D eigenvalue weighted by Gasteiger charge is 2.31. The van der Waals surface area contributed by atoms with E-state index in [2.05, 4.69) is 22.8 Å². The fourth-order valence-electron chi connectivity index (χ4n) is 2.33. The summed E-state index contributed by atoms with van der Waals surface area (Å²) in [5.41, 5.74) is 0.670. The molecule has 0 aromatic heterocycles. The van der Waals surface area contributed by atoms with Crippen LogP contribution in [0.4, 0.5) is 10.5 Å². The van der Waals surface area contributed by atoms with E-state index in [0.717, 1.165) is 5.75 Å². The van der Waals surface area contributed by atoms with Crippen LogP contribution >= 0.6 is 11.8 Å². The van der Waals surface area contributed by atoms with Crippen LogP contribution in [0, 0.1) is 0 Å². The van der Waals surface area contributed by atoms with Gasteiger partial charge in [-0.3, -0.25) is 0 Å². The molecule has 0 saturated carbocycles. The first-order chi connectivity index (χ1) is 11.5. The summed E-state index contributed by atoms with van der Waals surface area (Å²) in [4.78, 5) is 13.1. The van der Waals surface area contributed by atoms with E-state index in [-0.39, 0.29) is 6.03 Å². The first-order valence-corrected chi connectivity index (χ1v) is 8.75. The number of ether oxygens (including phenoxy) is 2. The number of rotatable bonds is 5. The van der Waals surface area contributed by atoms with Gasteiger partial charge in [0.1, 0.15) is 0 Å². The van der Waals surface area contributed by atoms with Gasteiger partial charge >= 0.3 is 6.03 Å². The van der Waals surface area contributed by atoms with Gasteiger partial charge in [-0.25, -0.2) is 4.79 Å². The molecule has 126 valence electrons. The smallest absolute Gasteiger partial charge is 0.319 e. The Morgan fingerprint density at radius 2 is 1.83 bits per heavy atom. The SMILES string of the molecule is CC1(C)Oc2ccc(NC(=O)NCCSc3ccccc3)cc2O1. The highest BCUT2D eigenvalue weighted by Crippen LogP contribution is 2.40. The van der Waals surface area contributed by atoms with Crippen molar-refractivity contribution >= 4 is 23.5 Å². The molecule has 1 aliphatic rings. The zero-order chi connectivity index (χ0) is 17.0.